The van der Waals surface area contributed by atoms with Gasteiger partial charge in [-0.3, -0.25) is 14.5 Å². The maximum absolute atomic E-state index is 13.1. The Morgan fingerprint density at radius 1 is 1.06 bits per heavy atom. The summed E-state index contributed by atoms with van der Waals surface area (Å²) in [6.45, 7) is 3.08. The molecule has 1 saturated heterocycles. The standard InChI is InChI=1S/C26H31N3O5/c1-3-8-22(24(30)29-14-13-28(2)23(15-29)25(31)32)27-26(33)34-16-21-19-11-6-4-9-17(19)18-10-5-7-12-20(18)21/h4-7,9-12,21-23H,3,8,13-16H2,1-2H3,(H,27,33)(H,31,32)/t22-,23?/m0/s1. The Labute approximate surface area is 199 Å². The quantitative estimate of drug-likeness (QED) is 0.652. The minimum absolute atomic E-state index is 0.0626. The van der Waals surface area contributed by atoms with Crippen LogP contribution in [-0.4, -0.2) is 78.2 Å². The Kier molecular flexibility index (Phi) is 7.17. The number of nitrogens with zero attached hydrogens (tertiary/aromatic N) is 2. The lowest BCUT2D eigenvalue weighted by Gasteiger charge is -2.38. The summed E-state index contributed by atoms with van der Waals surface area (Å²) in [6.07, 6.45) is 0.501. The van der Waals surface area contributed by atoms with Crippen LogP contribution in [0.3, 0.4) is 0 Å². The maximum Gasteiger partial charge on any atom is 0.407 e. The highest BCUT2D eigenvalue weighted by Crippen LogP contribution is 2.44. The molecule has 1 unspecified atom stereocenters. The molecule has 1 aliphatic carbocycles. The first kappa shape index (κ1) is 23.8. The van der Waals surface area contributed by atoms with E-state index in [1.165, 1.54) is 4.90 Å². The van der Waals surface area contributed by atoms with Crippen LogP contribution in [0.4, 0.5) is 4.79 Å². The third-order valence-electron chi connectivity index (χ3n) is 6.76. The van der Waals surface area contributed by atoms with Gasteiger partial charge in [0, 0.05) is 25.6 Å². The smallest absolute Gasteiger partial charge is 0.407 e. The first-order valence-corrected chi connectivity index (χ1v) is 11.7. The predicted octanol–water partition coefficient (Wildman–Crippen LogP) is 2.92. The van der Waals surface area contributed by atoms with Gasteiger partial charge in [0.05, 0.1) is 0 Å². The van der Waals surface area contributed by atoms with Crippen molar-refractivity contribution in [3.63, 3.8) is 0 Å². The summed E-state index contributed by atoms with van der Waals surface area (Å²) < 4.78 is 5.61. The van der Waals surface area contributed by atoms with Gasteiger partial charge >= 0.3 is 12.1 Å². The van der Waals surface area contributed by atoms with Crippen molar-refractivity contribution >= 4 is 18.0 Å². The summed E-state index contributed by atoms with van der Waals surface area (Å²) in [5.41, 5.74) is 4.54. The number of amides is 2. The minimum atomic E-state index is -0.962. The SMILES string of the molecule is CCC[C@H](NC(=O)OCC1c2ccccc2-c2ccccc21)C(=O)N1CCN(C)C(C(=O)O)C1. The van der Waals surface area contributed by atoms with Crippen molar-refractivity contribution in [2.45, 2.75) is 37.8 Å². The Balaban J connectivity index is 1.40. The summed E-state index contributed by atoms with van der Waals surface area (Å²) in [7, 11) is 1.74. The van der Waals surface area contributed by atoms with Crippen LogP contribution >= 0.6 is 0 Å². The van der Waals surface area contributed by atoms with Crippen LogP contribution in [-0.2, 0) is 14.3 Å². The van der Waals surface area contributed by atoms with E-state index in [2.05, 4.69) is 29.6 Å². The fraction of sp³-hybridized carbons (Fsp3) is 0.423. The van der Waals surface area contributed by atoms with Crippen LogP contribution in [0.1, 0.15) is 36.8 Å². The third kappa shape index (κ3) is 4.77. The number of carboxylic acid groups (broad SMARTS) is 1. The Morgan fingerprint density at radius 2 is 1.68 bits per heavy atom. The van der Waals surface area contributed by atoms with Gasteiger partial charge in [0.2, 0.25) is 5.91 Å². The normalized spacial score (nSPS) is 18.6. The number of ether oxygens (including phenoxy) is 1. The lowest BCUT2D eigenvalue weighted by atomic mass is 9.98. The molecular weight excluding hydrogens is 434 g/mol. The van der Waals surface area contributed by atoms with Crippen LogP contribution in [0.15, 0.2) is 48.5 Å². The van der Waals surface area contributed by atoms with E-state index in [9.17, 15) is 19.5 Å². The molecule has 1 fully saturated rings. The zero-order valence-corrected chi connectivity index (χ0v) is 19.6. The summed E-state index contributed by atoms with van der Waals surface area (Å²) in [5, 5.41) is 12.2. The van der Waals surface area contributed by atoms with E-state index in [1.807, 2.05) is 31.2 Å². The number of fused-ring (bicyclic) bond motifs is 3. The zero-order chi connectivity index (χ0) is 24.2. The highest BCUT2D eigenvalue weighted by atomic mass is 16.5. The number of likely N-dealkylation sites (N-methyl/N-ethyl adjacent to an activating group) is 1. The van der Waals surface area contributed by atoms with Crippen molar-refractivity contribution in [3.05, 3.63) is 59.7 Å². The predicted molar refractivity (Wildman–Crippen MR) is 128 cm³/mol. The molecule has 0 aromatic heterocycles. The van der Waals surface area contributed by atoms with E-state index in [1.54, 1.807) is 11.9 Å². The lowest BCUT2D eigenvalue weighted by Crippen LogP contribution is -2.59. The topological polar surface area (TPSA) is 99.2 Å². The van der Waals surface area contributed by atoms with Crippen molar-refractivity contribution in [2.24, 2.45) is 0 Å². The van der Waals surface area contributed by atoms with Crippen molar-refractivity contribution in [2.75, 3.05) is 33.3 Å². The first-order chi connectivity index (χ1) is 16.4. The van der Waals surface area contributed by atoms with Crippen LogP contribution in [0.5, 0.6) is 0 Å². The molecule has 0 spiro atoms. The second kappa shape index (κ2) is 10.3. The number of piperazine rings is 1. The molecule has 2 N–H and O–H groups in total. The average molecular weight is 466 g/mol. The van der Waals surface area contributed by atoms with Crippen LogP contribution in [0.25, 0.3) is 11.1 Å². The number of carbonyl (C=O) groups is 3. The van der Waals surface area contributed by atoms with Crippen molar-refractivity contribution in [3.8, 4) is 11.1 Å². The molecule has 8 nitrogen and oxygen atoms in total. The number of aliphatic carboxylic acids is 1. The van der Waals surface area contributed by atoms with E-state index in [0.29, 0.717) is 25.9 Å². The molecule has 2 aromatic carbocycles. The molecule has 8 heteroatoms. The number of hydrogen-bond acceptors (Lipinski definition) is 5. The van der Waals surface area contributed by atoms with Gasteiger partial charge in [-0.05, 0) is 35.7 Å². The van der Waals surface area contributed by atoms with Crippen molar-refractivity contribution in [1.82, 2.24) is 15.1 Å². The molecule has 0 saturated carbocycles. The number of carbonyl (C=O) groups excluding carboxylic acids is 2. The number of benzene rings is 2. The van der Waals surface area contributed by atoms with Crippen LogP contribution in [0, 0.1) is 0 Å². The number of carboxylic acids is 1. The van der Waals surface area contributed by atoms with Crippen molar-refractivity contribution < 1.29 is 24.2 Å². The second-order valence-electron chi connectivity index (χ2n) is 8.93. The highest BCUT2D eigenvalue weighted by molar-refractivity contribution is 5.87. The van der Waals surface area contributed by atoms with Gasteiger partial charge in [-0.1, -0.05) is 61.9 Å². The molecule has 34 heavy (non-hydrogen) atoms. The van der Waals surface area contributed by atoms with Gasteiger partial charge in [-0.15, -0.1) is 0 Å². The van der Waals surface area contributed by atoms with E-state index < -0.39 is 24.1 Å². The number of rotatable bonds is 7. The largest absolute Gasteiger partial charge is 0.480 e. The summed E-state index contributed by atoms with van der Waals surface area (Å²) in [4.78, 5) is 40.6. The average Bonchev–Trinajstić information content (AvgIpc) is 3.16. The molecule has 2 amide bonds. The fourth-order valence-corrected chi connectivity index (χ4v) is 4.89. The summed E-state index contributed by atoms with van der Waals surface area (Å²) in [5.74, 6) is -1.29. The van der Waals surface area contributed by atoms with Gasteiger partial charge in [0.25, 0.3) is 0 Å². The van der Waals surface area contributed by atoms with Gasteiger partial charge in [-0.25, -0.2) is 4.79 Å². The molecule has 180 valence electrons. The maximum atomic E-state index is 13.1. The Hall–Kier alpha value is -3.39. The first-order valence-electron chi connectivity index (χ1n) is 11.7. The molecular formula is C26H31N3O5. The summed E-state index contributed by atoms with van der Waals surface area (Å²) >= 11 is 0. The number of alkyl carbamates (subject to hydrolysis) is 1. The molecule has 2 aromatic rings. The molecule has 1 heterocycles. The molecule has 1 aliphatic heterocycles. The van der Waals surface area contributed by atoms with E-state index in [4.69, 9.17) is 4.74 Å². The fourth-order valence-electron chi connectivity index (χ4n) is 4.89. The molecule has 4 rings (SSSR count). The lowest BCUT2D eigenvalue weighted by molar-refractivity contribution is -0.148. The molecule has 2 atom stereocenters. The van der Waals surface area contributed by atoms with Gasteiger partial charge in [0.1, 0.15) is 18.7 Å². The van der Waals surface area contributed by atoms with Crippen molar-refractivity contribution in [1.29, 1.82) is 0 Å². The van der Waals surface area contributed by atoms with E-state index in [0.717, 1.165) is 22.3 Å². The van der Waals surface area contributed by atoms with Gasteiger partial charge < -0.3 is 20.1 Å². The monoisotopic (exact) mass is 465 g/mol. The van der Waals surface area contributed by atoms with Gasteiger partial charge in [0.15, 0.2) is 0 Å². The minimum Gasteiger partial charge on any atom is -0.480 e. The molecule has 0 radical (unpaired) electrons. The second-order valence-corrected chi connectivity index (χ2v) is 8.93. The van der Waals surface area contributed by atoms with Crippen LogP contribution in [0.2, 0.25) is 0 Å². The van der Waals surface area contributed by atoms with Gasteiger partial charge in [-0.2, -0.15) is 0 Å². The zero-order valence-electron chi connectivity index (χ0n) is 19.6. The Morgan fingerprint density at radius 3 is 2.26 bits per heavy atom. The molecule has 2 aliphatic rings. The molecule has 0 bridgehead atoms. The number of nitrogens with one attached hydrogen (secondary N) is 1. The van der Waals surface area contributed by atoms with Crippen LogP contribution < -0.4 is 5.32 Å². The summed E-state index contributed by atoms with van der Waals surface area (Å²) in [6, 6.07) is 14.7. The van der Waals surface area contributed by atoms with E-state index >= 15 is 0 Å². The third-order valence-corrected chi connectivity index (χ3v) is 6.76. The Bertz CT molecular complexity index is 1030. The van der Waals surface area contributed by atoms with E-state index in [-0.39, 0.29) is 25.0 Å². The number of hydrogen-bond donors (Lipinski definition) is 2. The highest BCUT2D eigenvalue weighted by Gasteiger charge is 2.35.